The molecule has 0 saturated carbocycles. The van der Waals surface area contributed by atoms with E-state index in [4.69, 9.17) is 14.6 Å². The highest BCUT2D eigenvalue weighted by molar-refractivity contribution is 7.99. The van der Waals surface area contributed by atoms with Crippen molar-refractivity contribution in [2.75, 3.05) is 24.9 Å². The maximum Gasteiger partial charge on any atom is 0.231 e. The van der Waals surface area contributed by atoms with E-state index in [1.807, 2.05) is 18.2 Å². The second kappa shape index (κ2) is 6.51. The van der Waals surface area contributed by atoms with Gasteiger partial charge in [-0.05, 0) is 17.7 Å². The minimum absolute atomic E-state index is 0.0360. The molecule has 0 fully saturated rings. The fraction of sp³-hybridized carbons (Fsp3) is 0.417. The van der Waals surface area contributed by atoms with E-state index in [0.717, 1.165) is 17.1 Å². The molecule has 98 valence electrons. The van der Waals surface area contributed by atoms with Crippen molar-refractivity contribution in [3.05, 3.63) is 23.8 Å². The van der Waals surface area contributed by atoms with Gasteiger partial charge < -0.3 is 19.9 Å². The van der Waals surface area contributed by atoms with E-state index >= 15 is 0 Å². The van der Waals surface area contributed by atoms with Crippen LogP contribution in [0.3, 0.4) is 0 Å². The number of aliphatic hydroxyl groups is 1. The largest absolute Gasteiger partial charge is 0.454 e. The Bertz CT molecular complexity index is 425. The molecule has 1 heterocycles. The van der Waals surface area contributed by atoms with Gasteiger partial charge >= 0.3 is 0 Å². The van der Waals surface area contributed by atoms with Crippen molar-refractivity contribution in [2.24, 2.45) is 0 Å². The summed E-state index contributed by atoms with van der Waals surface area (Å²) in [6, 6.07) is 5.60. The van der Waals surface area contributed by atoms with Crippen molar-refractivity contribution in [1.82, 2.24) is 5.32 Å². The molecule has 0 atom stereocenters. The fourth-order valence-electron chi connectivity index (χ4n) is 1.53. The summed E-state index contributed by atoms with van der Waals surface area (Å²) in [6.07, 6.45) is 0. The van der Waals surface area contributed by atoms with Crippen molar-refractivity contribution in [1.29, 1.82) is 0 Å². The maximum absolute atomic E-state index is 11.5. The molecule has 18 heavy (non-hydrogen) atoms. The molecule has 2 N–H and O–H groups in total. The zero-order valence-electron chi connectivity index (χ0n) is 9.85. The molecule has 1 aliphatic rings. The topological polar surface area (TPSA) is 67.8 Å². The fourth-order valence-corrected chi connectivity index (χ4v) is 2.09. The van der Waals surface area contributed by atoms with E-state index < -0.39 is 0 Å². The molecule has 2 rings (SSSR count). The highest BCUT2D eigenvalue weighted by atomic mass is 32.2. The summed E-state index contributed by atoms with van der Waals surface area (Å²) in [5.41, 5.74) is 0.972. The summed E-state index contributed by atoms with van der Waals surface area (Å²) < 4.78 is 10.5. The van der Waals surface area contributed by atoms with Crippen molar-refractivity contribution >= 4 is 17.7 Å². The lowest BCUT2D eigenvalue weighted by molar-refractivity contribution is -0.118. The smallest absolute Gasteiger partial charge is 0.231 e. The molecule has 5 nitrogen and oxygen atoms in total. The quantitative estimate of drug-likeness (QED) is 0.746. The SMILES string of the molecule is O=C(CSCCO)NCc1ccc2c(c1)OCO2. The van der Waals surface area contributed by atoms with Crippen LogP contribution in [0.25, 0.3) is 0 Å². The molecule has 1 aromatic carbocycles. The number of hydrogen-bond acceptors (Lipinski definition) is 5. The molecule has 1 amide bonds. The normalized spacial score (nSPS) is 12.5. The van der Waals surface area contributed by atoms with Crippen molar-refractivity contribution in [3.63, 3.8) is 0 Å². The summed E-state index contributed by atoms with van der Waals surface area (Å²) in [5, 5.41) is 11.4. The Morgan fingerprint density at radius 1 is 1.39 bits per heavy atom. The van der Waals surface area contributed by atoms with Crippen LogP contribution in [0.5, 0.6) is 11.5 Å². The van der Waals surface area contributed by atoms with Gasteiger partial charge in [0.2, 0.25) is 12.7 Å². The number of ether oxygens (including phenoxy) is 2. The number of aliphatic hydroxyl groups excluding tert-OH is 1. The predicted molar refractivity (Wildman–Crippen MR) is 68.8 cm³/mol. The molecule has 0 radical (unpaired) electrons. The molecule has 0 bridgehead atoms. The van der Waals surface area contributed by atoms with E-state index in [0.29, 0.717) is 18.1 Å². The summed E-state index contributed by atoms with van der Waals surface area (Å²) in [6.45, 7) is 0.818. The standard InChI is InChI=1S/C12H15NO4S/c14-3-4-18-7-12(15)13-6-9-1-2-10-11(5-9)17-8-16-10/h1-2,5,14H,3-4,6-8H2,(H,13,15). The van der Waals surface area contributed by atoms with Gasteiger partial charge in [0.05, 0.1) is 12.4 Å². The molecule has 0 spiro atoms. The average Bonchev–Trinajstić information content (AvgIpc) is 2.84. The number of benzene rings is 1. The molecular weight excluding hydrogens is 254 g/mol. The average molecular weight is 269 g/mol. The van der Waals surface area contributed by atoms with Crippen molar-refractivity contribution in [2.45, 2.75) is 6.54 Å². The van der Waals surface area contributed by atoms with Crippen LogP contribution in [0.2, 0.25) is 0 Å². The first-order chi connectivity index (χ1) is 8.79. The molecular formula is C12H15NO4S. The van der Waals surface area contributed by atoms with Crippen molar-refractivity contribution < 1.29 is 19.4 Å². The number of carbonyl (C=O) groups excluding carboxylic acids is 1. The van der Waals surface area contributed by atoms with Crippen LogP contribution < -0.4 is 14.8 Å². The van der Waals surface area contributed by atoms with Crippen LogP contribution >= 0.6 is 11.8 Å². The number of nitrogens with one attached hydrogen (secondary N) is 1. The van der Waals surface area contributed by atoms with Gasteiger partial charge in [-0.3, -0.25) is 4.79 Å². The van der Waals surface area contributed by atoms with E-state index in [2.05, 4.69) is 5.32 Å². The van der Waals surface area contributed by atoms with Gasteiger partial charge in [-0.1, -0.05) is 6.07 Å². The molecule has 6 heteroatoms. The first kappa shape index (κ1) is 13.0. The van der Waals surface area contributed by atoms with Crippen LogP contribution in [0, 0.1) is 0 Å². The Labute approximate surface area is 109 Å². The summed E-state index contributed by atoms with van der Waals surface area (Å²) >= 11 is 1.41. The maximum atomic E-state index is 11.5. The molecule has 0 aromatic heterocycles. The summed E-state index contributed by atoms with van der Waals surface area (Å²) in [7, 11) is 0. The Hall–Kier alpha value is -1.40. The number of rotatable bonds is 6. The molecule has 0 unspecified atom stereocenters. The number of hydrogen-bond donors (Lipinski definition) is 2. The van der Waals surface area contributed by atoms with Crippen LogP contribution in [0.4, 0.5) is 0 Å². The number of amides is 1. The lowest BCUT2D eigenvalue weighted by atomic mass is 10.2. The summed E-state index contributed by atoms with van der Waals surface area (Å²) in [5.74, 6) is 2.37. The second-order valence-electron chi connectivity index (χ2n) is 3.74. The Morgan fingerprint density at radius 2 is 2.22 bits per heavy atom. The second-order valence-corrected chi connectivity index (χ2v) is 4.85. The Balaban J connectivity index is 1.78. The first-order valence-corrected chi connectivity index (χ1v) is 6.79. The van der Waals surface area contributed by atoms with Gasteiger partial charge in [0, 0.05) is 12.3 Å². The minimum atomic E-state index is -0.0360. The Morgan fingerprint density at radius 3 is 3.06 bits per heavy atom. The number of carbonyl (C=O) groups is 1. The van der Waals surface area contributed by atoms with E-state index in [1.165, 1.54) is 11.8 Å². The van der Waals surface area contributed by atoms with Gasteiger partial charge in [0.1, 0.15) is 0 Å². The van der Waals surface area contributed by atoms with Crippen LogP contribution in [0.1, 0.15) is 5.56 Å². The lowest BCUT2D eigenvalue weighted by Gasteiger charge is -2.05. The van der Waals surface area contributed by atoms with Gasteiger partial charge in [-0.25, -0.2) is 0 Å². The zero-order chi connectivity index (χ0) is 12.8. The third kappa shape index (κ3) is 3.54. The minimum Gasteiger partial charge on any atom is -0.454 e. The summed E-state index contributed by atoms with van der Waals surface area (Å²) in [4.78, 5) is 11.5. The third-order valence-electron chi connectivity index (χ3n) is 2.40. The van der Waals surface area contributed by atoms with Crippen LogP contribution in [-0.2, 0) is 11.3 Å². The monoisotopic (exact) mass is 269 g/mol. The van der Waals surface area contributed by atoms with Crippen molar-refractivity contribution in [3.8, 4) is 11.5 Å². The van der Waals surface area contributed by atoms with Gasteiger partial charge in [-0.2, -0.15) is 0 Å². The number of thioether (sulfide) groups is 1. The molecule has 1 aromatic rings. The van der Waals surface area contributed by atoms with Gasteiger partial charge in [0.15, 0.2) is 11.5 Å². The molecule has 0 saturated heterocycles. The highest BCUT2D eigenvalue weighted by Gasteiger charge is 2.13. The van der Waals surface area contributed by atoms with Gasteiger partial charge in [-0.15, -0.1) is 11.8 Å². The lowest BCUT2D eigenvalue weighted by Crippen LogP contribution is -2.24. The van der Waals surface area contributed by atoms with E-state index in [1.54, 1.807) is 0 Å². The first-order valence-electron chi connectivity index (χ1n) is 5.63. The molecule has 0 aliphatic carbocycles. The Kier molecular flexibility index (Phi) is 4.72. The number of fused-ring (bicyclic) bond motifs is 1. The zero-order valence-corrected chi connectivity index (χ0v) is 10.7. The van der Waals surface area contributed by atoms with Crippen LogP contribution in [-0.4, -0.2) is 35.9 Å². The van der Waals surface area contributed by atoms with E-state index in [-0.39, 0.29) is 19.3 Å². The predicted octanol–water partition coefficient (Wildman–Crippen LogP) is 0.757. The molecule has 1 aliphatic heterocycles. The van der Waals surface area contributed by atoms with E-state index in [9.17, 15) is 4.79 Å². The van der Waals surface area contributed by atoms with Crippen LogP contribution in [0.15, 0.2) is 18.2 Å². The third-order valence-corrected chi connectivity index (χ3v) is 3.33. The highest BCUT2D eigenvalue weighted by Crippen LogP contribution is 2.32. The van der Waals surface area contributed by atoms with Gasteiger partial charge in [0.25, 0.3) is 0 Å².